The molecule has 7 heteroatoms. The van der Waals surface area contributed by atoms with Crippen LogP contribution in [0.1, 0.15) is 29.3 Å². The van der Waals surface area contributed by atoms with Crippen molar-refractivity contribution in [2.75, 3.05) is 7.11 Å². The largest absolute Gasteiger partial charge is 0.480 e. The SMILES string of the molecule is C=C(N=C(OC)c1cnn(C)c1CC)c1ccc(CC(N)=O)c(Br)c1. The highest BCUT2D eigenvalue weighted by molar-refractivity contribution is 9.10. The topological polar surface area (TPSA) is 82.5 Å². The minimum atomic E-state index is -0.379. The highest BCUT2D eigenvalue weighted by Gasteiger charge is 2.15. The lowest BCUT2D eigenvalue weighted by molar-refractivity contribution is -0.117. The lowest BCUT2D eigenvalue weighted by Gasteiger charge is -2.09. The number of aliphatic imine (C=N–C) groups is 1. The number of ether oxygens (including phenoxy) is 1. The maximum absolute atomic E-state index is 11.1. The van der Waals surface area contributed by atoms with Crippen LogP contribution in [0.3, 0.4) is 0 Å². The van der Waals surface area contributed by atoms with Crippen molar-refractivity contribution in [2.45, 2.75) is 19.8 Å². The first-order valence-corrected chi connectivity index (χ1v) is 8.56. The van der Waals surface area contributed by atoms with Crippen LogP contribution in [-0.2, 0) is 29.4 Å². The first-order chi connectivity index (χ1) is 11.9. The number of carbonyl (C=O) groups excluding carboxylic acids is 1. The summed E-state index contributed by atoms with van der Waals surface area (Å²) in [4.78, 5) is 15.6. The molecule has 6 nitrogen and oxygen atoms in total. The molecule has 25 heavy (non-hydrogen) atoms. The zero-order chi connectivity index (χ0) is 18.6. The van der Waals surface area contributed by atoms with Crippen molar-refractivity contribution in [1.29, 1.82) is 0 Å². The van der Waals surface area contributed by atoms with Crippen LogP contribution in [0.5, 0.6) is 0 Å². The van der Waals surface area contributed by atoms with Gasteiger partial charge in [-0.15, -0.1) is 0 Å². The molecule has 2 rings (SSSR count). The van der Waals surface area contributed by atoms with Crippen molar-refractivity contribution >= 4 is 33.4 Å². The molecule has 0 spiro atoms. The quantitative estimate of drug-likeness (QED) is 0.593. The maximum Gasteiger partial charge on any atom is 0.224 e. The van der Waals surface area contributed by atoms with E-state index in [0.717, 1.165) is 33.3 Å². The van der Waals surface area contributed by atoms with E-state index in [0.29, 0.717) is 11.6 Å². The van der Waals surface area contributed by atoms with E-state index in [2.05, 4.69) is 39.5 Å². The third-order valence-corrected chi connectivity index (χ3v) is 4.55. The van der Waals surface area contributed by atoms with Crippen LogP contribution in [0.2, 0.25) is 0 Å². The second kappa shape index (κ2) is 8.11. The fourth-order valence-electron chi connectivity index (χ4n) is 2.52. The van der Waals surface area contributed by atoms with Crippen LogP contribution in [0.25, 0.3) is 5.70 Å². The van der Waals surface area contributed by atoms with Gasteiger partial charge in [0.15, 0.2) is 0 Å². The standard InChI is InChI=1S/C18H21BrN4O2/c1-5-16-14(10-21-23(16)3)18(25-4)22-11(2)12-6-7-13(9-17(20)24)15(19)8-12/h6-8,10H,2,5,9H2,1,3-4H3,(H2,20,24). The van der Waals surface area contributed by atoms with Crippen molar-refractivity contribution in [1.82, 2.24) is 9.78 Å². The molecule has 0 radical (unpaired) electrons. The van der Waals surface area contributed by atoms with Gasteiger partial charge in [-0.25, -0.2) is 4.99 Å². The second-order valence-electron chi connectivity index (χ2n) is 5.50. The van der Waals surface area contributed by atoms with Gasteiger partial charge >= 0.3 is 0 Å². The number of amides is 1. The summed E-state index contributed by atoms with van der Waals surface area (Å²) >= 11 is 3.46. The minimum Gasteiger partial charge on any atom is -0.480 e. The van der Waals surface area contributed by atoms with Crippen LogP contribution in [0.4, 0.5) is 0 Å². The molecule has 1 heterocycles. The first kappa shape index (κ1) is 18.9. The van der Waals surface area contributed by atoms with E-state index in [1.807, 2.05) is 29.9 Å². The molecule has 1 amide bonds. The average molecular weight is 405 g/mol. The van der Waals surface area contributed by atoms with Crippen LogP contribution >= 0.6 is 15.9 Å². The Morgan fingerprint density at radius 1 is 1.48 bits per heavy atom. The Morgan fingerprint density at radius 3 is 2.76 bits per heavy atom. The molecule has 0 fully saturated rings. The summed E-state index contributed by atoms with van der Waals surface area (Å²) in [6, 6.07) is 5.55. The number of benzene rings is 1. The van der Waals surface area contributed by atoms with E-state index in [4.69, 9.17) is 10.5 Å². The summed E-state index contributed by atoms with van der Waals surface area (Å²) in [6.07, 6.45) is 2.73. The second-order valence-corrected chi connectivity index (χ2v) is 6.35. The van der Waals surface area contributed by atoms with E-state index >= 15 is 0 Å². The zero-order valence-corrected chi connectivity index (χ0v) is 16.1. The highest BCUT2D eigenvalue weighted by Crippen LogP contribution is 2.24. The summed E-state index contributed by atoms with van der Waals surface area (Å²) in [5.41, 5.74) is 9.31. The Hall–Kier alpha value is -2.41. The molecule has 1 aromatic carbocycles. The maximum atomic E-state index is 11.1. The van der Waals surface area contributed by atoms with Crippen molar-refractivity contribution in [3.8, 4) is 0 Å². The molecule has 0 aliphatic heterocycles. The minimum absolute atomic E-state index is 0.176. The van der Waals surface area contributed by atoms with E-state index in [1.165, 1.54) is 0 Å². The van der Waals surface area contributed by atoms with Crippen LogP contribution in [-0.4, -0.2) is 28.7 Å². The van der Waals surface area contributed by atoms with Gasteiger partial charge in [0.2, 0.25) is 11.8 Å². The smallest absolute Gasteiger partial charge is 0.224 e. The Kier molecular flexibility index (Phi) is 6.14. The number of hydrogen-bond acceptors (Lipinski definition) is 4. The van der Waals surface area contributed by atoms with Crippen molar-refractivity contribution < 1.29 is 9.53 Å². The molecule has 0 saturated carbocycles. The number of methoxy groups -OCH3 is 1. The predicted molar refractivity (Wildman–Crippen MR) is 102 cm³/mol. The molecule has 0 unspecified atom stereocenters. The number of aryl methyl sites for hydroxylation is 1. The summed E-state index contributed by atoms with van der Waals surface area (Å²) in [7, 11) is 3.46. The summed E-state index contributed by atoms with van der Waals surface area (Å²) in [5.74, 6) is 0.0860. The van der Waals surface area contributed by atoms with Gasteiger partial charge in [0, 0.05) is 17.1 Å². The monoisotopic (exact) mass is 404 g/mol. The lowest BCUT2D eigenvalue weighted by atomic mass is 10.1. The average Bonchev–Trinajstić information content (AvgIpc) is 2.94. The third kappa shape index (κ3) is 4.36. The number of nitrogens with two attached hydrogens (primary N) is 1. The molecule has 0 aliphatic carbocycles. The van der Waals surface area contributed by atoms with Gasteiger partial charge in [0.05, 0.1) is 36.7 Å². The number of primary amides is 1. The molecule has 2 aromatic rings. The normalized spacial score (nSPS) is 11.4. The Morgan fingerprint density at radius 2 is 2.20 bits per heavy atom. The van der Waals surface area contributed by atoms with Gasteiger partial charge < -0.3 is 10.5 Å². The highest BCUT2D eigenvalue weighted by atomic mass is 79.9. The van der Waals surface area contributed by atoms with Crippen molar-refractivity contribution in [3.63, 3.8) is 0 Å². The Bertz CT molecular complexity index is 840. The van der Waals surface area contributed by atoms with Crippen LogP contribution < -0.4 is 5.73 Å². The van der Waals surface area contributed by atoms with E-state index in [-0.39, 0.29) is 12.3 Å². The number of aromatic nitrogens is 2. The van der Waals surface area contributed by atoms with E-state index in [1.54, 1.807) is 13.3 Å². The third-order valence-electron chi connectivity index (χ3n) is 3.81. The van der Waals surface area contributed by atoms with Crippen molar-refractivity contribution in [2.24, 2.45) is 17.8 Å². The van der Waals surface area contributed by atoms with Gasteiger partial charge in [0.25, 0.3) is 0 Å². The lowest BCUT2D eigenvalue weighted by Crippen LogP contribution is -2.14. The van der Waals surface area contributed by atoms with E-state index in [9.17, 15) is 4.79 Å². The van der Waals surface area contributed by atoms with Crippen LogP contribution in [0, 0.1) is 0 Å². The van der Waals surface area contributed by atoms with Gasteiger partial charge in [0.1, 0.15) is 0 Å². The number of carbonyl (C=O) groups is 1. The molecule has 0 atom stereocenters. The van der Waals surface area contributed by atoms with Gasteiger partial charge in [-0.3, -0.25) is 9.48 Å². The molecule has 1 aromatic heterocycles. The van der Waals surface area contributed by atoms with Gasteiger partial charge in [-0.2, -0.15) is 5.10 Å². The summed E-state index contributed by atoms with van der Waals surface area (Å²) < 4.78 is 8.05. The molecule has 2 N–H and O–H groups in total. The molecule has 0 aliphatic rings. The predicted octanol–water partition coefficient (Wildman–Crippen LogP) is 2.84. The Balaban J connectivity index is 2.34. The Labute approximate surface area is 155 Å². The molecule has 132 valence electrons. The number of hydrogen-bond donors (Lipinski definition) is 1. The van der Waals surface area contributed by atoms with Crippen molar-refractivity contribution in [3.05, 3.63) is 57.8 Å². The number of rotatable bonds is 6. The molecule has 0 saturated heterocycles. The number of halogens is 1. The van der Waals surface area contributed by atoms with Gasteiger partial charge in [-0.1, -0.05) is 41.6 Å². The summed E-state index contributed by atoms with van der Waals surface area (Å²) in [5, 5.41) is 4.26. The van der Waals surface area contributed by atoms with Crippen LogP contribution in [0.15, 0.2) is 40.4 Å². The fourth-order valence-corrected chi connectivity index (χ4v) is 3.04. The fraction of sp³-hybridized carbons (Fsp3) is 0.278. The summed E-state index contributed by atoms with van der Waals surface area (Å²) in [6.45, 7) is 6.08. The van der Waals surface area contributed by atoms with Gasteiger partial charge in [-0.05, 0) is 18.1 Å². The number of nitrogens with zero attached hydrogens (tertiary/aromatic N) is 3. The van der Waals surface area contributed by atoms with E-state index < -0.39 is 0 Å². The molecular weight excluding hydrogens is 384 g/mol. The zero-order valence-electron chi connectivity index (χ0n) is 14.5. The molecular formula is C18H21BrN4O2. The first-order valence-electron chi connectivity index (χ1n) is 7.77. The molecule has 0 bridgehead atoms.